The third kappa shape index (κ3) is 3.45. The number of hydrogen-bond acceptors (Lipinski definition) is 3. The third-order valence-electron chi connectivity index (χ3n) is 3.02. The van der Waals surface area contributed by atoms with E-state index in [1.165, 1.54) is 0 Å². The van der Waals surface area contributed by atoms with Crippen LogP contribution in [-0.4, -0.2) is 27.2 Å². The zero-order chi connectivity index (χ0) is 14.5. The third-order valence-corrected chi connectivity index (χ3v) is 3.60. The molecule has 0 aromatic carbocycles. The van der Waals surface area contributed by atoms with Crippen LogP contribution in [0.5, 0.6) is 0 Å². The molecule has 0 spiro atoms. The fourth-order valence-electron chi connectivity index (χ4n) is 1.87. The summed E-state index contributed by atoms with van der Waals surface area (Å²) in [6, 6.07) is 3.93. The van der Waals surface area contributed by atoms with Gasteiger partial charge in [-0.15, -0.1) is 0 Å². The Morgan fingerprint density at radius 3 is 2.95 bits per heavy atom. The van der Waals surface area contributed by atoms with Crippen LogP contribution in [0.1, 0.15) is 28.7 Å². The van der Waals surface area contributed by atoms with E-state index in [2.05, 4.69) is 31.3 Å². The van der Waals surface area contributed by atoms with Crippen molar-refractivity contribution in [2.75, 3.05) is 6.54 Å². The second-order valence-corrected chi connectivity index (χ2v) is 5.31. The lowest BCUT2D eigenvalue weighted by atomic mass is 10.1. The quantitative estimate of drug-likeness (QED) is 0.911. The lowest BCUT2D eigenvalue weighted by molar-refractivity contribution is 0.0947. The molecule has 0 saturated carbocycles. The first-order valence-electron chi connectivity index (χ1n) is 6.53. The lowest BCUT2D eigenvalue weighted by Gasteiger charge is -2.05. The number of aryl methyl sites for hydroxylation is 2. The number of nitrogens with one attached hydrogen (secondary N) is 1. The topological polar surface area (TPSA) is 59.8 Å². The van der Waals surface area contributed by atoms with Gasteiger partial charge in [0.05, 0.1) is 4.47 Å². The van der Waals surface area contributed by atoms with E-state index in [0.717, 1.165) is 17.8 Å². The van der Waals surface area contributed by atoms with Gasteiger partial charge in [0.15, 0.2) is 5.69 Å². The van der Waals surface area contributed by atoms with Crippen LogP contribution in [0, 0.1) is 6.92 Å². The van der Waals surface area contributed by atoms with Crippen LogP contribution in [0.3, 0.4) is 0 Å². The van der Waals surface area contributed by atoms with E-state index in [1.54, 1.807) is 17.1 Å². The molecule has 0 radical (unpaired) electrons. The monoisotopic (exact) mass is 336 g/mol. The van der Waals surface area contributed by atoms with Crippen molar-refractivity contribution < 1.29 is 4.79 Å². The Balaban J connectivity index is 1.92. The Labute approximate surface area is 126 Å². The summed E-state index contributed by atoms with van der Waals surface area (Å²) in [7, 11) is 0. The number of carbonyl (C=O) groups is 1. The molecule has 20 heavy (non-hydrogen) atoms. The van der Waals surface area contributed by atoms with Gasteiger partial charge in [-0.05, 0) is 41.4 Å². The van der Waals surface area contributed by atoms with Crippen LogP contribution in [0.25, 0.3) is 0 Å². The largest absolute Gasteiger partial charge is 0.350 e. The highest BCUT2D eigenvalue weighted by atomic mass is 79.9. The molecule has 0 aliphatic heterocycles. The predicted molar refractivity (Wildman–Crippen MR) is 80.6 cm³/mol. The minimum absolute atomic E-state index is 0.169. The summed E-state index contributed by atoms with van der Waals surface area (Å²) in [6.45, 7) is 5.27. The summed E-state index contributed by atoms with van der Waals surface area (Å²) in [5.74, 6) is -0.169. The molecule has 2 heterocycles. The van der Waals surface area contributed by atoms with Gasteiger partial charge in [0.2, 0.25) is 0 Å². The highest BCUT2D eigenvalue weighted by Gasteiger charge is 2.14. The number of carbonyl (C=O) groups excluding carboxylic acids is 1. The molecule has 1 amide bonds. The van der Waals surface area contributed by atoms with Crippen LogP contribution < -0.4 is 5.32 Å². The Morgan fingerprint density at radius 2 is 2.30 bits per heavy atom. The fourth-order valence-corrected chi connectivity index (χ4v) is 2.37. The lowest BCUT2D eigenvalue weighted by Crippen LogP contribution is -2.27. The molecule has 0 aliphatic rings. The molecule has 1 N–H and O–H groups in total. The second-order valence-electron chi connectivity index (χ2n) is 4.45. The van der Waals surface area contributed by atoms with Gasteiger partial charge in [-0.3, -0.25) is 14.5 Å². The van der Waals surface area contributed by atoms with Gasteiger partial charge in [0.1, 0.15) is 0 Å². The first-order valence-corrected chi connectivity index (χ1v) is 7.32. The summed E-state index contributed by atoms with van der Waals surface area (Å²) in [5, 5.41) is 7.08. The van der Waals surface area contributed by atoms with E-state index >= 15 is 0 Å². The Hall–Kier alpha value is -1.69. The van der Waals surface area contributed by atoms with Crippen molar-refractivity contribution >= 4 is 21.8 Å². The maximum Gasteiger partial charge on any atom is 0.272 e. The second kappa shape index (κ2) is 6.65. The van der Waals surface area contributed by atoms with Gasteiger partial charge in [-0.2, -0.15) is 5.10 Å². The minimum atomic E-state index is -0.169. The van der Waals surface area contributed by atoms with Gasteiger partial charge < -0.3 is 5.32 Å². The summed E-state index contributed by atoms with van der Waals surface area (Å²) in [5.41, 5.74) is 2.56. The number of halogens is 1. The molecule has 6 heteroatoms. The molecule has 0 unspecified atom stereocenters. The molecule has 0 aliphatic carbocycles. The van der Waals surface area contributed by atoms with Crippen molar-refractivity contribution in [3.8, 4) is 0 Å². The van der Waals surface area contributed by atoms with Crippen LogP contribution in [-0.2, 0) is 13.0 Å². The Bertz CT molecular complexity index is 609. The summed E-state index contributed by atoms with van der Waals surface area (Å²) in [6.07, 6.45) is 4.28. The minimum Gasteiger partial charge on any atom is -0.350 e. The highest BCUT2D eigenvalue weighted by molar-refractivity contribution is 9.10. The van der Waals surface area contributed by atoms with E-state index in [-0.39, 0.29) is 5.91 Å². The number of amides is 1. The molecule has 5 nitrogen and oxygen atoms in total. The average molecular weight is 337 g/mol. The first-order chi connectivity index (χ1) is 9.61. The van der Waals surface area contributed by atoms with Crippen LogP contribution in [0.2, 0.25) is 0 Å². The molecule has 2 aromatic heterocycles. The normalized spacial score (nSPS) is 10.6. The van der Waals surface area contributed by atoms with Crippen molar-refractivity contribution in [3.05, 3.63) is 46.0 Å². The Kier molecular flexibility index (Phi) is 4.89. The van der Waals surface area contributed by atoms with Crippen LogP contribution >= 0.6 is 15.9 Å². The zero-order valence-corrected chi connectivity index (χ0v) is 13.1. The zero-order valence-electron chi connectivity index (χ0n) is 11.6. The van der Waals surface area contributed by atoms with Crippen molar-refractivity contribution in [1.82, 2.24) is 20.1 Å². The van der Waals surface area contributed by atoms with Gasteiger partial charge >= 0.3 is 0 Å². The van der Waals surface area contributed by atoms with E-state index in [0.29, 0.717) is 23.1 Å². The van der Waals surface area contributed by atoms with Crippen LogP contribution in [0.4, 0.5) is 0 Å². The van der Waals surface area contributed by atoms with E-state index in [9.17, 15) is 4.79 Å². The van der Waals surface area contributed by atoms with Crippen molar-refractivity contribution in [1.29, 1.82) is 0 Å². The van der Waals surface area contributed by atoms with Gasteiger partial charge in [-0.1, -0.05) is 6.07 Å². The summed E-state index contributed by atoms with van der Waals surface area (Å²) < 4.78 is 2.44. The van der Waals surface area contributed by atoms with Crippen molar-refractivity contribution in [3.63, 3.8) is 0 Å². The fraction of sp³-hybridized carbons (Fsp3) is 0.357. The molecule has 0 fully saturated rings. The number of aromatic nitrogens is 3. The molecule has 2 aromatic rings. The van der Waals surface area contributed by atoms with E-state index in [1.807, 2.05) is 26.0 Å². The molecule has 0 bridgehead atoms. The summed E-state index contributed by atoms with van der Waals surface area (Å²) in [4.78, 5) is 16.3. The first kappa shape index (κ1) is 14.7. The molecule has 106 valence electrons. The number of rotatable bonds is 5. The standard InChI is InChI=1S/C14H17BrN4O/c1-3-19-9-11(15)13(18-19)14(20)17-8-6-12-10(2)5-4-7-16-12/h4-5,7,9H,3,6,8H2,1-2H3,(H,17,20). The van der Waals surface area contributed by atoms with Gasteiger partial charge in [-0.25, -0.2) is 0 Å². The van der Waals surface area contributed by atoms with Crippen LogP contribution in [0.15, 0.2) is 29.0 Å². The maximum absolute atomic E-state index is 12.0. The van der Waals surface area contributed by atoms with E-state index < -0.39 is 0 Å². The molecular formula is C14H17BrN4O. The maximum atomic E-state index is 12.0. The molecule has 2 rings (SSSR count). The smallest absolute Gasteiger partial charge is 0.272 e. The number of hydrogen-bond donors (Lipinski definition) is 1. The van der Waals surface area contributed by atoms with E-state index in [4.69, 9.17) is 0 Å². The van der Waals surface area contributed by atoms with Gasteiger partial charge in [0.25, 0.3) is 5.91 Å². The molecule has 0 saturated heterocycles. The highest BCUT2D eigenvalue weighted by Crippen LogP contribution is 2.14. The number of nitrogens with zero attached hydrogens (tertiary/aromatic N) is 3. The van der Waals surface area contributed by atoms with Crippen molar-refractivity contribution in [2.24, 2.45) is 0 Å². The SMILES string of the molecule is CCn1cc(Br)c(C(=O)NCCc2ncccc2C)n1. The Morgan fingerprint density at radius 1 is 1.50 bits per heavy atom. The molecule has 0 atom stereocenters. The van der Waals surface area contributed by atoms with Crippen molar-refractivity contribution in [2.45, 2.75) is 26.8 Å². The average Bonchev–Trinajstić information content (AvgIpc) is 2.82. The number of pyridine rings is 1. The summed E-state index contributed by atoms with van der Waals surface area (Å²) >= 11 is 3.35. The molecular weight excluding hydrogens is 320 g/mol. The van der Waals surface area contributed by atoms with Gasteiger partial charge in [0, 0.05) is 37.6 Å². The predicted octanol–water partition coefficient (Wildman–Crippen LogP) is 2.34.